The molecule has 2 aromatic carbocycles. The number of esters is 1. The van der Waals surface area contributed by atoms with Gasteiger partial charge in [0, 0.05) is 23.6 Å². The average molecular weight is 469 g/mol. The van der Waals surface area contributed by atoms with Crippen molar-refractivity contribution in [3.05, 3.63) is 53.7 Å². The summed E-state index contributed by atoms with van der Waals surface area (Å²) in [5.41, 5.74) is 0.916. The van der Waals surface area contributed by atoms with Crippen molar-refractivity contribution < 1.29 is 32.7 Å². The number of nitrogens with one attached hydrogen (secondary N) is 1. The van der Waals surface area contributed by atoms with Crippen LogP contribution in [-0.4, -0.2) is 36.2 Å². The molecule has 10 heteroatoms. The van der Waals surface area contributed by atoms with Crippen LogP contribution in [0.5, 0.6) is 11.5 Å². The molecule has 178 valence electrons. The molecule has 1 aliphatic carbocycles. The molecular formula is C24H24FN3O6. The van der Waals surface area contributed by atoms with Crippen LogP contribution in [0.4, 0.5) is 10.1 Å². The van der Waals surface area contributed by atoms with Gasteiger partial charge in [0.25, 0.3) is 5.89 Å². The lowest BCUT2D eigenvalue weighted by atomic mass is 10.1. The van der Waals surface area contributed by atoms with E-state index in [0.29, 0.717) is 17.1 Å². The first-order chi connectivity index (χ1) is 16.5. The number of rotatable bonds is 8. The normalized spacial score (nSPS) is 13.5. The number of methoxy groups -OCH3 is 2. The molecule has 0 unspecified atom stereocenters. The molecule has 0 bridgehead atoms. The number of anilines is 1. The monoisotopic (exact) mass is 469 g/mol. The van der Waals surface area contributed by atoms with Gasteiger partial charge >= 0.3 is 5.97 Å². The first-order valence-corrected chi connectivity index (χ1v) is 10.8. The number of carbonyl (C=O) groups is 2. The van der Waals surface area contributed by atoms with E-state index in [1.807, 2.05) is 0 Å². The molecule has 1 heterocycles. The fourth-order valence-electron chi connectivity index (χ4n) is 3.81. The molecule has 0 atom stereocenters. The molecule has 0 spiro atoms. The predicted molar refractivity (Wildman–Crippen MR) is 119 cm³/mol. The second-order valence-electron chi connectivity index (χ2n) is 7.82. The van der Waals surface area contributed by atoms with Crippen molar-refractivity contribution in [2.45, 2.75) is 32.3 Å². The van der Waals surface area contributed by atoms with Crippen LogP contribution in [0, 0.1) is 11.7 Å². The largest absolute Gasteiger partial charge is 0.493 e. The molecule has 34 heavy (non-hydrogen) atoms. The highest BCUT2D eigenvalue weighted by Crippen LogP contribution is 2.35. The number of carbonyl (C=O) groups excluding carboxylic acids is 2. The Balaban J connectivity index is 1.51. The van der Waals surface area contributed by atoms with Gasteiger partial charge in [-0.25, -0.2) is 9.18 Å². The second-order valence-corrected chi connectivity index (χ2v) is 7.82. The quantitative estimate of drug-likeness (QED) is 0.484. The van der Waals surface area contributed by atoms with E-state index >= 15 is 0 Å². The summed E-state index contributed by atoms with van der Waals surface area (Å²) in [6, 6.07) is 8.57. The zero-order chi connectivity index (χ0) is 24.1. The van der Waals surface area contributed by atoms with Crippen LogP contribution in [0.3, 0.4) is 0 Å². The second kappa shape index (κ2) is 10.3. The van der Waals surface area contributed by atoms with Gasteiger partial charge in [0.15, 0.2) is 18.1 Å². The third-order valence-corrected chi connectivity index (χ3v) is 5.62. The highest BCUT2D eigenvalue weighted by atomic mass is 19.1. The minimum atomic E-state index is -0.718. The van der Waals surface area contributed by atoms with Gasteiger partial charge < -0.3 is 24.1 Å². The fourth-order valence-corrected chi connectivity index (χ4v) is 3.81. The number of hydrogen-bond donors (Lipinski definition) is 1. The summed E-state index contributed by atoms with van der Waals surface area (Å²) >= 11 is 0. The van der Waals surface area contributed by atoms with E-state index in [-0.39, 0.29) is 47.2 Å². The summed E-state index contributed by atoms with van der Waals surface area (Å²) in [7, 11) is 2.91. The van der Waals surface area contributed by atoms with Crippen LogP contribution >= 0.6 is 0 Å². The Morgan fingerprint density at radius 2 is 1.76 bits per heavy atom. The molecule has 1 aliphatic rings. The van der Waals surface area contributed by atoms with E-state index in [1.165, 1.54) is 50.6 Å². The Morgan fingerprint density at radius 3 is 2.44 bits per heavy atom. The fraction of sp³-hybridized carbons (Fsp3) is 0.333. The van der Waals surface area contributed by atoms with Gasteiger partial charge in [0.2, 0.25) is 11.7 Å². The number of benzene rings is 2. The van der Waals surface area contributed by atoms with Crippen LogP contribution in [0.1, 0.15) is 41.9 Å². The summed E-state index contributed by atoms with van der Waals surface area (Å²) in [6.45, 7) is -0.294. The Kier molecular flexibility index (Phi) is 7.05. The van der Waals surface area contributed by atoms with Crippen LogP contribution in [0.2, 0.25) is 0 Å². The third-order valence-electron chi connectivity index (χ3n) is 5.62. The van der Waals surface area contributed by atoms with E-state index in [1.54, 1.807) is 0 Å². The number of halogens is 1. The van der Waals surface area contributed by atoms with Crippen molar-refractivity contribution in [1.82, 2.24) is 10.1 Å². The Hall–Kier alpha value is -3.95. The van der Waals surface area contributed by atoms with E-state index in [4.69, 9.17) is 18.7 Å². The van der Waals surface area contributed by atoms with E-state index in [9.17, 15) is 14.0 Å². The molecule has 1 saturated carbocycles. The van der Waals surface area contributed by atoms with Crippen molar-refractivity contribution in [2.75, 3.05) is 19.5 Å². The molecule has 0 radical (unpaired) electrons. The minimum Gasteiger partial charge on any atom is -0.493 e. The minimum absolute atomic E-state index is 0.0599. The first-order valence-electron chi connectivity index (χ1n) is 10.8. The van der Waals surface area contributed by atoms with Gasteiger partial charge in [0.05, 0.1) is 25.5 Å². The van der Waals surface area contributed by atoms with Crippen molar-refractivity contribution in [2.24, 2.45) is 5.92 Å². The number of nitrogens with zero attached hydrogens (tertiary/aromatic N) is 2. The Bertz CT molecular complexity index is 1170. The maximum absolute atomic E-state index is 13.1. The molecule has 1 fully saturated rings. The summed E-state index contributed by atoms with van der Waals surface area (Å²) in [6.07, 6.45) is 3.63. The highest BCUT2D eigenvalue weighted by molar-refractivity contribution is 6.02. The number of amides is 1. The van der Waals surface area contributed by atoms with Crippen LogP contribution in [0.25, 0.3) is 11.4 Å². The molecular weight excluding hydrogens is 445 g/mol. The molecule has 0 aliphatic heterocycles. The first kappa shape index (κ1) is 23.2. The molecule has 9 nitrogen and oxygen atoms in total. The molecule has 1 amide bonds. The van der Waals surface area contributed by atoms with Crippen LogP contribution < -0.4 is 14.8 Å². The van der Waals surface area contributed by atoms with Gasteiger partial charge in [-0.1, -0.05) is 18.0 Å². The predicted octanol–water partition coefficient (Wildman–Crippen LogP) is 4.38. The zero-order valence-corrected chi connectivity index (χ0v) is 18.8. The third kappa shape index (κ3) is 5.16. The van der Waals surface area contributed by atoms with Crippen molar-refractivity contribution in [3.8, 4) is 22.9 Å². The summed E-state index contributed by atoms with van der Waals surface area (Å²) < 4.78 is 34.2. The van der Waals surface area contributed by atoms with Crippen LogP contribution in [0.15, 0.2) is 40.9 Å². The SMILES string of the molecule is COc1cc(NC(=O)C2CCCC2)c(C(=O)OCc2nc(-c3ccc(F)cc3)no2)cc1OC. The molecule has 1 N–H and O–H groups in total. The lowest BCUT2D eigenvalue weighted by Gasteiger charge is -2.16. The van der Waals surface area contributed by atoms with Gasteiger partial charge in [0.1, 0.15) is 5.82 Å². The van der Waals surface area contributed by atoms with Crippen molar-refractivity contribution in [1.29, 1.82) is 0 Å². The average Bonchev–Trinajstić information content (AvgIpc) is 3.55. The Morgan fingerprint density at radius 1 is 1.09 bits per heavy atom. The standard InChI is InChI=1S/C24H24FN3O6/c1-31-19-11-17(18(12-20(19)32-2)26-23(29)15-5-3-4-6-15)24(30)33-13-21-27-22(28-34-21)14-7-9-16(25)10-8-14/h7-12,15H,3-6,13H2,1-2H3,(H,26,29). The topological polar surface area (TPSA) is 113 Å². The van der Waals surface area contributed by atoms with E-state index < -0.39 is 5.97 Å². The molecule has 4 rings (SSSR count). The van der Waals surface area contributed by atoms with E-state index in [0.717, 1.165) is 25.7 Å². The molecule has 1 aromatic heterocycles. The van der Waals surface area contributed by atoms with Crippen molar-refractivity contribution >= 4 is 17.6 Å². The highest BCUT2D eigenvalue weighted by Gasteiger charge is 2.26. The Labute approximate surface area is 195 Å². The molecule has 0 saturated heterocycles. The number of ether oxygens (including phenoxy) is 3. The maximum Gasteiger partial charge on any atom is 0.340 e. The van der Waals surface area contributed by atoms with Crippen molar-refractivity contribution in [3.63, 3.8) is 0 Å². The van der Waals surface area contributed by atoms with Gasteiger partial charge in [-0.2, -0.15) is 4.98 Å². The summed E-state index contributed by atoms with van der Waals surface area (Å²) in [4.78, 5) is 29.8. The lowest BCUT2D eigenvalue weighted by molar-refractivity contribution is -0.119. The molecule has 3 aromatic rings. The van der Waals surface area contributed by atoms with Gasteiger partial charge in [-0.3, -0.25) is 4.79 Å². The number of aromatic nitrogens is 2. The van der Waals surface area contributed by atoms with E-state index in [2.05, 4.69) is 15.5 Å². The van der Waals surface area contributed by atoms with Crippen LogP contribution in [-0.2, 0) is 16.1 Å². The number of hydrogen-bond acceptors (Lipinski definition) is 8. The summed E-state index contributed by atoms with van der Waals surface area (Å²) in [5.74, 6) is -0.381. The maximum atomic E-state index is 13.1. The zero-order valence-electron chi connectivity index (χ0n) is 18.8. The van der Waals surface area contributed by atoms with Gasteiger partial charge in [-0.05, 0) is 37.1 Å². The smallest absolute Gasteiger partial charge is 0.340 e. The lowest BCUT2D eigenvalue weighted by Crippen LogP contribution is -2.22. The van der Waals surface area contributed by atoms with Gasteiger partial charge in [-0.15, -0.1) is 0 Å². The summed E-state index contributed by atoms with van der Waals surface area (Å²) in [5, 5.41) is 6.65.